The van der Waals surface area contributed by atoms with Crippen LogP contribution in [-0.2, 0) is 11.3 Å². The van der Waals surface area contributed by atoms with Crippen LogP contribution in [0.15, 0.2) is 34.4 Å². The second-order valence-electron chi connectivity index (χ2n) is 5.51. The molecule has 3 heterocycles. The topological polar surface area (TPSA) is 70.8 Å². The molecule has 130 valence electrons. The maximum Gasteiger partial charge on any atom is 0.317 e. The second kappa shape index (κ2) is 8.70. The van der Waals surface area contributed by atoms with Gasteiger partial charge in [-0.3, -0.25) is 0 Å². The van der Waals surface area contributed by atoms with E-state index in [1.807, 2.05) is 28.6 Å². The number of hydrogen-bond acceptors (Lipinski definition) is 6. The van der Waals surface area contributed by atoms with Crippen LogP contribution < -0.4 is 10.2 Å². The van der Waals surface area contributed by atoms with E-state index < -0.39 is 0 Å². The van der Waals surface area contributed by atoms with E-state index in [1.54, 1.807) is 17.6 Å². The number of carbonyl (C=O) groups is 1. The standard InChI is InChI=1S/C16H22N4O3S/c21-15(17-4-2-10-22-13-14-3-1-11-23-14)19-6-8-20(9-7-19)16-18-5-12-24-16/h1,3,5,11-12H,2,4,6-10,13H2,(H,17,21). The minimum absolute atomic E-state index is 0.000164. The van der Waals surface area contributed by atoms with Crippen molar-refractivity contribution in [1.29, 1.82) is 0 Å². The summed E-state index contributed by atoms with van der Waals surface area (Å²) in [5.74, 6) is 0.817. The Hall–Kier alpha value is -2.06. The van der Waals surface area contributed by atoms with Gasteiger partial charge in [-0.1, -0.05) is 0 Å². The van der Waals surface area contributed by atoms with Gasteiger partial charge >= 0.3 is 6.03 Å². The van der Waals surface area contributed by atoms with Crippen LogP contribution >= 0.6 is 11.3 Å². The molecule has 1 fully saturated rings. The molecule has 1 aliphatic heterocycles. The molecule has 2 aromatic heterocycles. The third-order valence-corrected chi connectivity index (χ3v) is 4.66. The quantitative estimate of drug-likeness (QED) is 0.775. The maximum atomic E-state index is 12.1. The lowest BCUT2D eigenvalue weighted by atomic mass is 10.3. The largest absolute Gasteiger partial charge is 0.467 e. The average molecular weight is 350 g/mol. The number of anilines is 1. The van der Waals surface area contributed by atoms with Gasteiger partial charge in [-0.25, -0.2) is 9.78 Å². The van der Waals surface area contributed by atoms with Gasteiger partial charge in [-0.2, -0.15) is 0 Å². The number of thiazole rings is 1. The Morgan fingerprint density at radius 1 is 1.38 bits per heavy atom. The van der Waals surface area contributed by atoms with Crippen LogP contribution in [0.3, 0.4) is 0 Å². The van der Waals surface area contributed by atoms with Crippen molar-refractivity contribution >= 4 is 22.5 Å². The molecule has 8 heteroatoms. The van der Waals surface area contributed by atoms with Crippen molar-refractivity contribution in [2.24, 2.45) is 0 Å². The van der Waals surface area contributed by atoms with Gasteiger partial charge in [0.15, 0.2) is 5.13 Å². The monoisotopic (exact) mass is 350 g/mol. The Balaban J connectivity index is 1.26. The Kier molecular flexibility index (Phi) is 6.08. The molecular weight excluding hydrogens is 328 g/mol. The number of amides is 2. The van der Waals surface area contributed by atoms with Crippen LogP contribution in [0, 0.1) is 0 Å². The number of nitrogens with zero attached hydrogens (tertiary/aromatic N) is 3. The van der Waals surface area contributed by atoms with Gasteiger partial charge in [0.05, 0.1) is 6.26 Å². The van der Waals surface area contributed by atoms with Crippen LogP contribution in [0.25, 0.3) is 0 Å². The maximum absolute atomic E-state index is 12.1. The zero-order valence-electron chi connectivity index (χ0n) is 13.5. The molecule has 2 aromatic rings. The van der Waals surface area contributed by atoms with Gasteiger partial charge in [0.1, 0.15) is 12.4 Å². The van der Waals surface area contributed by atoms with Crippen molar-refractivity contribution in [3.63, 3.8) is 0 Å². The highest BCUT2D eigenvalue weighted by atomic mass is 32.1. The number of ether oxygens (including phenoxy) is 1. The van der Waals surface area contributed by atoms with E-state index in [-0.39, 0.29) is 6.03 Å². The molecule has 0 spiro atoms. The molecule has 1 saturated heterocycles. The summed E-state index contributed by atoms with van der Waals surface area (Å²) >= 11 is 1.63. The van der Waals surface area contributed by atoms with E-state index in [1.165, 1.54) is 0 Å². The third-order valence-electron chi connectivity index (χ3n) is 3.82. The van der Waals surface area contributed by atoms with E-state index >= 15 is 0 Å². The molecule has 1 aliphatic rings. The first-order chi connectivity index (χ1) is 11.8. The van der Waals surface area contributed by atoms with E-state index in [0.717, 1.165) is 43.5 Å². The van der Waals surface area contributed by atoms with E-state index in [2.05, 4.69) is 15.2 Å². The highest BCUT2D eigenvalue weighted by Crippen LogP contribution is 2.18. The lowest BCUT2D eigenvalue weighted by Crippen LogP contribution is -2.52. The lowest BCUT2D eigenvalue weighted by molar-refractivity contribution is 0.104. The molecule has 0 saturated carbocycles. The molecule has 0 unspecified atom stereocenters. The zero-order chi connectivity index (χ0) is 16.6. The van der Waals surface area contributed by atoms with Crippen molar-refractivity contribution in [1.82, 2.24) is 15.2 Å². The zero-order valence-corrected chi connectivity index (χ0v) is 14.3. The predicted molar refractivity (Wildman–Crippen MR) is 92.3 cm³/mol. The SMILES string of the molecule is O=C(NCCCOCc1ccco1)N1CCN(c2nccs2)CC1. The first kappa shape index (κ1) is 16.8. The predicted octanol–water partition coefficient (Wildman–Crippen LogP) is 2.17. The fourth-order valence-corrected chi connectivity index (χ4v) is 3.22. The number of aromatic nitrogens is 1. The Morgan fingerprint density at radius 2 is 2.25 bits per heavy atom. The molecule has 3 rings (SSSR count). The summed E-state index contributed by atoms with van der Waals surface area (Å²) in [5.41, 5.74) is 0. The average Bonchev–Trinajstić information content (AvgIpc) is 3.31. The summed E-state index contributed by atoms with van der Waals surface area (Å²) < 4.78 is 10.7. The number of carbonyl (C=O) groups excluding carboxylic acids is 1. The summed E-state index contributed by atoms with van der Waals surface area (Å²) in [5, 5.41) is 5.95. The molecule has 0 aromatic carbocycles. The number of furan rings is 1. The van der Waals surface area contributed by atoms with Crippen LogP contribution in [0.1, 0.15) is 12.2 Å². The summed E-state index contributed by atoms with van der Waals surface area (Å²) in [7, 11) is 0. The minimum atomic E-state index is -0.000164. The summed E-state index contributed by atoms with van der Waals surface area (Å²) in [6.45, 7) is 4.78. The van der Waals surface area contributed by atoms with Crippen molar-refractivity contribution in [3.05, 3.63) is 35.7 Å². The number of urea groups is 1. The van der Waals surface area contributed by atoms with Gasteiger partial charge < -0.3 is 24.3 Å². The second-order valence-corrected chi connectivity index (χ2v) is 6.38. The van der Waals surface area contributed by atoms with Crippen molar-refractivity contribution < 1.29 is 13.9 Å². The minimum Gasteiger partial charge on any atom is -0.467 e. The number of nitrogens with one attached hydrogen (secondary N) is 1. The normalized spacial score (nSPS) is 14.8. The number of piperazine rings is 1. The Bertz CT molecular complexity index is 595. The first-order valence-electron chi connectivity index (χ1n) is 8.10. The fraction of sp³-hybridized carbons (Fsp3) is 0.500. The van der Waals surface area contributed by atoms with Crippen molar-refractivity contribution in [3.8, 4) is 0 Å². The molecule has 0 radical (unpaired) electrons. The molecule has 7 nitrogen and oxygen atoms in total. The van der Waals surface area contributed by atoms with E-state index in [0.29, 0.717) is 19.8 Å². The van der Waals surface area contributed by atoms with Crippen LogP contribution in [-0.4, -0.2) is 55.2 Å². The lowest BCUT2D eigenvalue weighted by Gasteiger charge is -2.34. The fourth-order valence-electron chi connectivity index (χ4n) is 2.52. The van der Waals surface area contributed by atoms with Gasteiger partial charge in [-0.05, 0) is 18.6 Å². The molecule has 2 amide bonds. The highest BCUT2D eigenvalue weighted by Gasteiger charge is 2.21. The van der Waals surface area contributed by atoms with Gasteiger partial charge in [0.2, 0.25) is 0 Å². The van der Waals surface area contributed by atoms with E-state index in [9.17, 15) is 4.79 Å². The van der Waals surface area contributed by atoms with Crippen LogP contribution in [0.2, 0.25) is 0 Å². The number of hydrogen-bond donors (Lipinski definition) is 1. The van der Waals surface area contributed by atoms with Crippen LogP contribution in [0.4, 0.5) is 9.93 Å². The molecule has 24 heavy (non-hydrogen) atoms. The van der Waals surface area contributed by atoms with Crippen molar-refractivity contribution in [2.75, 3.05) is 44.2 Å². The molecule has 0 atom stereocenters. The van der Waals surface area contributed by atoms with Gasteiger partial charge in [0.25, 0.3) is 0 Å². The summed E-state index contributed by atoms with van der Waals surface area (Å²) in [6.07, 6.45) is 4.23. The molecule has 0 aliphatic carbocycles. The molecular formula is C16H22N4O3S. The molecule has 1 N–H and O–H groups in total. The van der Waals surface area contributed by atoms with Gasteiger partial charge in [-0.15, -0.1) is 11.3 Å². The number of rotatable bonds is 7. The van der Waals surface area contributed by atoms with Gasteiger partial charge in [0, 0.05) is 50.9 Å². The smallest absolute Gasteiger partial charge is 0.317 e. The summed E-state index contributed by atoms with van der Waals surface area (Å²) in [4.78, 5) is 20.5. The third kappa shape index (κ3) is 4.72. The first-order valence-corrected chi connectivity index (χ1v) is 8.98. The van der Waals surface area contributed by atoms with Crippen LogP contribution in [0.5, 0.6) is 0 Å². The summed E-state index contributed by atoms with van der Waals surface area (Å²) in [6, 6.07) is 3.72. The Labute approximate surface area is 145 Å². The van der Waals surface area contributed by atoms with Crippen molar-refractivity contribution in [2.45, 2.75) is 13.0 Å². The highest BCUT2D eigenvalue weighted by molar-refractivity contribution is 7.13. The molecule has 0 bridgehead atoms. The Morgan fingerprint density at radius 3 is 2.96 bits per heavy atom. The van der Waals surface area contributed by atoms with E-state index in [4.69, 9.17) is 9.15 Å².